The molecule has 1 aliphatic rings. The van der Waals surface area contributed by atoms with E-state index in [1.165, 1.54) is 6.07 Å². The quantitative estimate of drug-likeness (QED) is 0.906. The molecule has 2 N–H and O–H groups in total. The first kappa shape index (κ1) is 14.2. The van der Waals surface area contributed by atoms with Gasteiger partial charge in [-0.3, -0.25) is 9.69 Å². The summed E-state index contributed by atoms with van der Waals surface area (Å²) in [5.41, 5.74) is 0.939. The summed E-state index contributed by atoms with van der Waals surface area (Å²) in [5, 5.41) is 3.75. The molecule has 2 aromatic rings. The van der Waals surface area contributed by atoms with Gasteiger partial charge in [-0.15, -0.1) is 0 Å². The fourth-order valence-electron chi connectivity index (χ4n) is 3.02. The summed E-state index contributed by atoms with van der Waals surface area (Å²) >= 11 is 0. The van der Waals surface area contributed by atoms with Gasteiger partial charge in [-0.25, -0.2) is 4.39 Å². The zero-order chi connectivity index (χ0) is 14.8. The van der Waals surface area contributed by atoms with Crippen LogP contribution in [0.4, 0.5) is 4.39 Å². The Balaban J connectivity index is 1.87. The fraction of sp³-hybridized carbons (Fsp3) is 0.438. The molecular weight excluding hydrogens is 269 g/mol. The van der Waals surface area contributed by atoms with E-state index in [2.05, 4.69) is 22.2 Å². The maximum atomic E-state index is 13.8. The molecule has 0 saturated carbocycles. The van der Waals surface area contributed by atoms with Crippen molar-refractivity contribution < 1.29 is 4.39 Å². The average molecular weight is 289 g/mol. The predicted octanol–water partition coefficient (Wildman–Crippen LogP) is 1.85. The van der Waals surface area contributed by atoms with Gasteiger partial charge in [0, 0.05) is 29.7 Å². The standard InChI is InChI=1S/C16H20FN3O/c1-20(12-5-7-18-8-6-12)10-11-9-15(21)13-3-2-4-14(17)16(13)19-11/h2-4,9,12,18H,5-8,10H2,1H3,(H,19,21). The second kappa shape index (κ2) is 5.95. The van der Waals surface area contributed by atoms with E-state index < -0.39 is 0 Å². The van der Waals surface area contributed by atoms with Crippen molar-refractivity contribution in [2.24, 2.45) is 0 Å². The number of fused-ring (bicyclic) bond motifs is 1. The van der Waals surface area contributed by atoms with E-state index in [9.17, 15) is 9.18 Å². The maximum absolute atomic E-state index is 13.8. The molecule has 0 bridgehead atoms. The van der Waals surface area contributed by atoms with Crippen LogP contribution in [-0.2, 0) is 6.54 Å². The number of para-hydroxylation sites is 1. The summed E-state index contributed by atoms with van der Waals surface area (Å²) < 4.78 is 13.8. The summed E-state index contributed by atoms with van der Waals surface area (Å²) in [4.78, 5) is 17.4. The maximum Gasteiger partial charge on any atom is 0.189 e. The van der Waals surface area contributed by atoms with Crippen molar-refractivity contribution in [3.05, 3.63) is 46.0 Å². The Morgan fingerprint density at radius 1 is 1.33 bits per heavy atom. The third-order valence-electron chi connectivity index (χ3n) is 4.22. The number of aromatic nitrogens is 1. The van der Waals surface area contributed by atoms with E-state index in [0.717, 1.165) is 31.6 Å². The number of piperidine rings is 1. The molecule has 4 nitrogen and oxygen atoms in total. The fourth-order valence-corrected chi connectivity index (χ4v) is 3.02. The molecule has 1 saturated heterocycles. The van der Waals surface area contributed by atoms with Gasteiger partial charge >= 0.3 is 0 Å². The van der Waals surface area contributed by atoms with Crippen LogP contribution in [0.25, 0.3) is 10.9 Å². The molecule has 3 rings (SSSR count). The highest BCUT2D eigenvalue weighted by Crippen LogP contribution is 2.15. The van der Waals surface area contributed by atoms with Gasteiger partial charge in [0.05, 0.1) is 5.52 Å². The molecule has 1 aromatic heterocycles. The molecule has 0 atom stereocenters. The number of nitrogens with one attached hydrogen (secondary N) is 2. The minimum atomic E-state index is -0.379. The Hall–Kier alpha value is -1.72. The highest BCUT2D eigenvalue weighted by atomic mass is 19.1. The van der Waals surface area contributed by atoms with Crippen LogP contribution in [0.15, 0.2) is 29.1 Å². The van der Waals surface area contributed by atoms with Crippen molar-refractivity contribution in [2.75, 3.05) is 20.1 Å². The Bertz CT molecular complexity index is 691. The number of halogens is 1. The Morgan fingerprint density at radius 3 is 2.86 bits per heavy atom. The number of hydrogen-bond donors (Lipinski definition) is 2. The Morgan fingerprint density at radius 2 is 2.10 bits per heavy atom. The third kappa shape index (κ3) is 2.99. The van der Waals surface area contributed by atoms with E-state index in [-0.39, 0.29) is 11.2 Å². The van der Waals surface area contributed by atoms with E-state index in [1.54, 1.807) is 18.2 Å². The first-order valence-corrected chi connectivity index (χ1v) is 7.36. The average Bonchev–Trinajstić information content (AvgIpc) is 2.49. The van der Waals surface area contributed by atoms with Gasteiger partial charge in [-0.2, -0.15) is 0 Å². The molecule has 0 aliphatic carbocycles. The lowest BCUT2D eigenvalue weighted by Gasteiger charge is -2.31. The van der Waals surface area contributed by atoms with Crippen molar-refractivity contribution in [1.29, 1.82) is 0 Å². The highest BCUT2D eigenvalue weighted by molar-refractivity contribution is 5.78. The van der Waals surface area contributed by atoms with Gasteiger partial charge in [0.1, 0.15) is 5.82 Å². The minimum absolute atomic E-state index is 0.128. The molecule has 112 valence electrons. The summed E-state index contributed by atoms with van der Waals surface area (Å²) in [6, 6.07) is 6.68. The lowest BCUT2D eigenvalue weighted by molar-refractivity contribution is 0.190. The summed E-state index contributed by atoms with van der Waals surface area (Å²) in [5.74, 6) is -0.379. The summed E-state index contributed by atoms with van der Waals surface area (Å²) in [7, 11) is 2.06. The number of nitrogens with zero attached hydrogens (tertiary/aromatic N) is 1. The van der Waals surface area contributed by atoms with E-state index >= 15 is 0 Å². The van der Waals surface area contributed by atoms with Crippen LogP contribution in [0.1, 0.15) is 18.5 Å². The number of pyridine rings is 1. The normalized spacial score (nSPS) is 16.7. The lowest BCUT2D eigenvalue weighted by atomic mass is 10.1. The van der Waals surface area contributed by atoms with Gasteiger partial charge in [-0.1, -0.05) is 6.07 Å². The summed E-state index contributed by atoms with van der Waals surface area (Å²) in [6.07, 6.45) is 2.20. The van der Waals surface area contributed by atoms with E-state index in [4.69, 9.17) is 0 Å². The molecular formula is C16H20FN3O. The van der Waals surface area contributed by atoms with Gasteiger partial charge in [0.15, 0.2) is 5.43 Å². The van der Waals surface area contributed by atoms with Crippen molar-refractivity contribution >= 4 is 10.9 Å². The zero-order valence-corrected chi connectivity index (χ0v) is 12.2. The molecule has 0 spiro atoms. The van der Waals surface area contributed by atoms with Crippen molar-refractivity contribution in [1.82, 2.24) is 15.2 Å². The number of rotatable bonds is 3. The Labute approximate surface area is 123 Å². The van der Waals surface area contributed by atoms with Crippen molar-refractivity contribution in [3.8, 4) is 0 Å². The van der Waals surface area contributed by atoms with Gasteiger partial charge in [-0.05, 0) is 45.1 Å². The van der Waals surface area contributed by atoms with Crippen LogP contribution in [-0.4, -0.2) is 36.1 Å². The second-order valence-corrected chi connectivity index (χ2v) is 5.72. The zero-order valence-electron chi connectivity index (χ0n) is 12.2. The minimum Gasteiger partial charge on any atom is -0.355 e. The smallest absolute Gasteiger partial charge is 0.189 e. The van der Waals surface area contributed by atoms with Gasteiger partial charge in [0.2, 0.25) is 0 Å². The summed E-state index contributed by atoms with van der Waals surface area (Å²) in [6.45, 7) is 2.68. The highest BCUT2D eigenvalue weighted by Gasteiger charge is 2.18. The lowest BCUT2D eigenvalue weighted by Crippen LogP contribution is -2.40. The van der Waals surface area contributed by atoms with Crippen molar-refractivity contribution in [2.45, 2.75) is 25.4 Å². The van der Waals surface area contributed by atoms with Crippen LogP contribution in [0.3, 0.4) is 0 Å². The van der Waals surface area contributed by atoms with Crippen LogP contribution >= 0.6 is 0 Å². The van der Waals surface area contributed by atoms with E-state index in [1.807, 2.05) is 0 Å². The molecule has 1 aliphatic heterocycles. The van der Waals surface area contributed by atoms with Gasteiger partial charge < -0.3 is 10.3 Å². The molecule has 0 unspecified atom stereocenters. The first-order valence-electron chi connectivity index (χ1n) is 7.36. The molecule has 1 fully saturated rings. The van der Waals surface area contributed by atoms with Crippen LogP contribution < -0.4 is 10.7 Å². The van der Waals surface area contributed by atoms with Crippen LogP contribution in [0.5, 0.6) is 0 Å². The molecule has 5 heteroatoms. The Kier molecular flexibility index (Phi) is 4.03. The predicted molar refractivity (Wildman–Crippen MR) is 81.9 cm³/mol. The SMILES string of the molecule is CN(Cc1cc(=O)c2cccc(F)c2[nH]1)C1CCNCC1. The number of hydrogen-bond acceptors (Lipinski definition) is 3. The molecule has 0 amide bonds. The first-order chi connectivity index (χ1) is 10.1. The number of H-pyrrole nitrogens is 1. The van der Waals surface area contributed by atoms with Crippen molar-refractivity contribution in [3.63, 3.8) is 0 Å². The van der Waals surface area contributed by atoms with Gasteiger partial charge in [0.25, 0.3) is 0 Å². The largest absolute Gasteiger partial charge is 0.355 e. The molecule has 1 aromatic carbocycles. The van der Waals surface area contributed by atoms with E-state index in [0.29, 0.717) is 23.5 Å². The van der Waals surface area contributed by atoms with Crippen LogP contribution in [0, 0.1) is 5.82 Å². The second-order valence-electron chi connectivity index (χ2n) is 5.72. The molecule has 21 heavy (non-hydrogen) atoms. The topological polar surface area (TPSA) is 48.1 Å². The van der Waals surface area contributed by atoms with Crippen LogP contribution in [0.2, 0.25) is 0 Å². The monoisotopic (exact) mass is 289 g/mol. The molecule has 0 radical (unpaired) electrons. The molecule has 2 heterocycles. The number of benzene rings is 1. The third-order valence-corrected chi connectivity index (χ3v) is 4.22. The number of aromatic amines is 1.